The molecule has 1 aromatic carbocycles. The maximum atomic E-state index is 4.25. The molecular formula is C16H22BrN3. The minimum atomic E-state index is 0.682. The van der Waals surface area contributed by atoms with Gasteiger partial charge in [-0.3, -0.25) is 0 Å². The molecule has 0 bridgehead atoms. The van der Waals surface area contributed by atoms with Crippen molar-refractivity contribution < 1.29 is 0 Å². The number of imidazole rings is 1. The summed E-state index contributed by atoms with van der Waals surface area (Å²) in [5.41, 5.74) is 2.59. The van der Waals surface area contributed by atoms with E-state index in [-0.39, 0.29) is 0 Å². The molecule has 1 heterocycles. The van der Waals surface area contributed by atoms with Gasteiger partial charge in [0.2, 0.25) is 0 Å². The van der Waals surface area contributed by atoms with Gasteiger partial charge in [-0.25, -0.2) is 4.98 Å². The fourth-order valence-electron chi connectivity index (χ4n) is 2.09. The summed E-state index contributed by atoms with van der Waals surface area (Å²) in [6, 6.07) is 6.59. The molecule has 0 fully saturated rings. The molecule has 0 saturated heterocycles. The highest BCUT2D eigenvalue weighted by Crippen LogP contribution is 2.20. The number of hydrogen-bond acceptors (Lipinski definition) is 2. The summed E-state index contributed by atoms with van der Waals surface area (Å²) in [4.78, 5) is 4.25. The van der Waals surface area contributed by atoms with Gasteiger partial charge in [0, 0.05) is 30.0 Å². The second-order valence-corrected chi connectivity index (χ2v) is 6.41. The largest absolute Gasteiger partial charge is 0.331 e. The summed E-state index contributed by atoms with van der Waals surface area (Å²) in [5, 5.41) is 3.47. The number of aryl methyl sites for hydroxylation is 1. The second kappa shape index (κ2) is 7.04. The lowest BCUT2D eigenvalue weighted by Gasteiger charge is -2.11. The molecular weight excluding hydrogens is 314 g/mol. The van der Waals surface area contributed by atoms with Crippen LogP contribution >= 0.6 is 15.9 Å². The van der Waals surface area contributed by atoms with Gasteiger partial charge in [0.25, 0.3) is 0 Å². The Morgan fingerprint density at radius 1 is 1.35 bits per heavy atom. The van der Waals surface area contributed by atoms with Crippen LogP contribution in [0.3, 0.4) is 0 Å². The van der Waals surface area contributed by atoms with Crippen LogP contribution in [0.4, 0.5) is 0 Å². The van der Waals surface area contributed by atoms with E-state index in [2.05, 4.69) is 62.8 Å². The van der Waals surface area contributed by atoms with Crippen LogP contribution < -0.4 is 5.32 Å². The number of halogens is 1. The Morgan fingerprint density at radius 3 is 2.75 bits per heavy atom. The number of benzene rings is 1. The van der Waals surface area contributed by atoms with E-state index in [1.54, 1.807) is 0 Å². The number of nitrogens with zero attached hydrogens (tertiary/aromatic N) is 2. The van der Waals surface area contributed by atoms with Gasteiger partial charge in [-0.05, 0) is 36.6 Å². The maximum Gasteiger partial charge on any atom is 0.105 e. The molecule has 0 radical (unpaired) electrons. The van der Waals surface area contributed by atoms with E-state index in [0.29, 0.717) is 5.92 Å². The van der Waals surface area contributed by atoms with Crippen LogP contribution in [0.1, 0.15) is 30.8 Å². The first kappa shape index (κ1) is 15.3. The predicted octanol–water partition coefficient (Wildman–Crippen LogP) is 3.75. The minimum Gasteiger partial charge on any atom is -0.331 e. The molecule has 0 aliphatic heterocycles. The Labute approximate surface area is 129 Å². The fourth-order valence-corrected chi connectivity index (χ4v) is 2.64. The van der Waals surface area contributed by atoms with Crippen molar-refractivity contribution in [1.82, 2.24) is 14.9 Å². The van der Waals surface area contributed by atoms with Crippen molar-refractivity contribution in [3.63, 3.8) is 0 Å². The topological polar surface area (TPSA) is 29.9 Å². The van der Waals surface area contributed by atoms with Crippen molar-refractivity contribution >= 4 is 15.9 Å². The summed E-state index contributed by atoms with van der Waals surface area (Å²) >= 11 is 3.68. The van der Waals surface area contributed by atoms with Crippen molar-refractivity contribution in [3.8, 4) is 0 Å². The quantitative estimate of drug-likeness (QED) is 0.871. The summed E-state index contributed by atoms with van der Waals surface area (Å²) in [6.45, 7) is 9.29. The third-order valence-corrected chi connectivity index (χ3v) is 4.00. The van der Waals surface area contributed by atoms with E-state index in [9.17, 15) is 0 Å². The number of aromatic nitrogens is 2. The van der Waals surface area contributed by atoms with Gasteiger partial charge in [0.05, 0.1) is 0 Å². The number of rotatable bonds is 6. The summed E-state index contributed by atoms with van der Waals surface area (Å²) in [5.74, 6) is 1.72. The molecule has 2 rings (SSSR count). The first-order chi connectivity index (χ1) is 9.56. The van der Waals surface area contributed by atoms with Crippen LogP contribution in [0.15, 0.2) is 35.1 Å². The average Bonchev–Trinajstić information content (AvgIpc) is 2.78. The molecule has 20 heavy (non-hydrogen) atoms. The van der Waals surface area contributed by atoms with Crippen LogP contribution in [-0.2, 0) is 13.1 Å². The van der Waals surface area contributed by atoms with E-state index in [0.717, 1.165) is 29.9 Å². The summed E-state index contributed by atoms with van der Waals surface area (Å²) < 4.78 is 3.31. The van der Waals surface area contributed by atoms with Gasteiger partial charge < -0.3 is 9.88 Å². The molecule has 108 valence electrons. The van der Waals surface area contributed by atoms with Crippen LogP contribution in [0, 0.1) is 12.8 Å². The molecule has 0 unspecified atom stereocenters. The second-order valence-electron chi connectivity index (χ2n) is 5.55. The average molecular weight is 336 g/mol. The zero-order valence-corrected chi connectivity index (χ0v) is 13.9. The molecule has 0 atom stereocenters. The Kier molecular flexibility index (Phi) is 5.38. The summed E-state index contributed by atoms with van der Waals surface area (Å²) in [7, 11) is 0. The minimum absolute atomic E-state index is 0.682. The van der Waals surface area contributed by atoms with Gasteiger partial charge in [-0.15, -0.1) is 0 Å². The number of hydrogen-bond donors (Lipinski definition) is 1. The standard InChI is InChI=1S/C16H22BrN3/c1-12(2)9-18-10-14-4-5-15(16(17)8-14)11-20-7-6-19-13(20)3/h4-8,12,18H,9-11H2,1-3H3. The molecule has 0 amide bonds. The van der Waals surface area contributed by atoms with E-state index in [1.165, 1.54) is 11.1 Å². The Hall–Kier alpha value is -1.13. The van der Waals surface area contributed by atoms with E-state index in [4.69, 9.17) is 0 Å². The van der Waals surface area contributed by atoms with Crippen molar-refractivity contribution in [1.29, 1.82) is 0 Å². The van der Waals surface area contributed by atoms with Crippen molar-refractivity contribution in [3.05, 3.63) is 52.0 Å². The molecule has 0 aliphatic rings. The first-order valence-corrected chi connectivity index (χ1v) is 7.81. The van der Waals surface area contributed by atoms with E-state index in [1.807, 2.05) is 19.3 Å². The first-order valence-electron chi connectivity index (χ1n) is 7.02. The molecule has 1 N–H and O–H groups in total. The normalized spacial score (nSPS) is 11.2. The van der Waals surface area contributed by atoms with E-state index < -0.39 is 0 Å². The molecule has 0 spiro atoms. The monoisotopic (exact) mass is 335 g/mol. The van der Waals surface area contributed by atoms with Crippen LogP contribution in [0.2, 0.25) is 0 Å². The lowest BCUT2D eigenvalue weighted by molar-refractivity contribution is 0.552. The van der Waals surface area contributed by atoms with Gasteiger partial charge in [0.1, 0.15) is 5.82 Å². The Balaban J connectivity index is 2.01. The third kappa shape index (κ3) is 4.18. The van der Waals surface area contributed by atoms with Crippen LogP contribution in [0.25, 0.3) is 0 Å². The number of nitrogens with one attached hydrogen (secondary N) is 1. The Bertz CT molecular complexity index is 561. The van der Waals surface area contributed by atoms with Crippen LogP contribution in [-0.4, -0.2) is 16.1 Å². The molecule has 2 aromatic rings. The smallest absolute Gasteiger partial charge is 0.105 e. The lowest BCUT2D eigenvalue weighted by Crippen LogP contribution is -2.19. The van der Waals surface area contributed by atoms with Gasteiger partial charge in [-0.2, -0.15) is 0 Å². The predicted molar refractivity (Wildman–Crippen MR) is 86.8 cm³/mol. The van der Waals surface area contributed by atoms with Crippen molar-refractivity contribution in [2.45, 2.75) is 33.9 Å². The van der Waals surface area contributed by atoms with Crippen LogP contribution in [0.5, 0.6) is 0 Å². The van der Waals surface area contributed by atoms with E-state index >= 15 is 0 Å². The maximum absolute atomic E-state index is 4.25. The van der Waals surface area contributed by atoms with Gasteiger partial charge >= 0.3 is 0 Å². The van der Waals surface area contributed by atoms with Gasteiger partial charge in [-0.1, -0.05) is 41.9 Å². The molecule has 0 saturated carbocycles. The molecule has 4 heteroatoms. The highest BCUT2D eigenvalue weighted by Gasteiger charge is 2.04. The summed E-state index contributed by atoms with van der Waals surface area (Å²) in [6.07, 6.45) is 3.85. The zero-order chi connectivity index (χ0) is 14.5. The fraction of sp³-hybridized carbons (Fsp3) is 0.438. The highest BCUT2D eigenvalue weighted by molar-refractivity contribution is 9.10. The van der Waals surface area contributed by atoms with Gasteiger partial charge in [0.15, 0.2) is 0 Å². The SMILES string of the molecule is Cc1nccn1Cc1ccc(CNCC(C)C)cc1Br. The Morgan fingerprint density at radius 2 is 2.15 bits per heavy atom. The lowest BCUT2D eigenvalue weighted by atomic mass is 10.1. The molecule has 0 aliphatic carbocycles. The third-order valence-electron chi connectivity index (χ3n) is 3.26. The molecule has 3 nitrogen and oxygen atoms in total. The zero-order valence-electron chi connectivity index (χ0n) is 12.4. The van der Waals surface area contributed by atoms with Crippen molar-refractivity contribution in [2.24, 2.45) is 5.92 Å². The molecule has 1 aromatic heterocycles. The highest BCUT2D eigenvalue weighted by atomic mass is 79.9. The van der Waals surface area contributed by atoms with Crippen molar-refractivity contribution in [2.75, 3.05) is 6.54 Å².